The van der Waals surface area contributed by atoms with Crippen molar-refractivity contribution in [1.29, 1.82) is 0 Å². The summed E-state index contributed by atoms with van der Waals surface area (Å²) in [5.74, 6) is -0.206. The van der Waals surface area contributed by atoms with Crippen molar-refractivity contribution in [3.63, 3.8) is 0 Å². The van der Waals surface area contributed by atoms with Gasteiger partial charge in [0.2, 0.25) is 11.8 Å². The Labute approximate surface area is 219 Å². The van der Waals surface area contributed by atoms with Gasteiger partial charge in [-0.3, -0.25) is 14.6 Å². The monoisotopic (exact) mass is 551 g/mol. The smallest absolute Gasteiger partial charge is 0.249 e. The third-order valence-corrected chi connectivity index (χ3v) is 6.59. The van der Waals surface area contributed by atoms with Gasteiger partial charge in [0, 0.05) is 39.2 Å². The first-order valence-corrected chi connectivity index (χ1v) is 12.6. The van der Waals surface area contributed by atoms with Gasteiger partial charge in [-0.05, 0) is 47.4 Å². The maximum Gasteiger partial charge on any atom is 0.249 e. The number of amides is 2. The molecule has 7 heteroatoms. The van der Waals surface area contributed by atoms with Gasteiger partial charge in [-0.25, -0.2) is 0 Å². The third kappa shape index (κ3) is 6.38. The highest BCUT2D eigenvalue weighted by molar-refractivity contribution is 9.10. The summed E-state index contributed by atoms with van der Waals surface area (Å²) in [7, 11) is 0. The molecule has 35 heavy (non-hydrogen) atoms. The van der Waals surface area contributed by atoms with Gasteiger partial charge in [0.1, 0.15) is 6.04 Å². The number of halogens is 2. The number of aliphatic imine (C=N–C) groups is 1. The number of anilines is 2. The van der Waals surface area contributed by atoms with Gasteiger partial charge in [0.15, 0.2) is 0 Å². The Kier molecular flexibility index (Phi) is 7.43. The zero-order valence-electron chi connectivity index (χ0n) is 19.9. The Morgan fingerprint density at radius 3 is 2.49 bits per heavy atom. The molecule has 2 N–H and O–H groups in total. The Bertz CT molecular complexity index is 1300. The minimum absolute atomic E-state index is 0.0301. The average Bonchev–Trinajstić information content (AvgIpc) is 2.91. The lowest BCUT2D eigenvalue weighted by Gasteiger charge is -2.17. The lowest BCUT2D eigenvalue weighted by atomic mass is 9.92. The standard InChI is InChI=1S/C28H27BrClN3O2/c1-28(2,3)16-25(34)31-20-11-8-17(9-12-20)26-21-15-19(30)10-13-23(21)33-27(35)24(32-26)14-18-6-4-5-7-22(18)29/h4-13,15,24H,14,16H2,1-3H3,(H,31,34)(H,33,35). The predicted molar refractivity (Wildman–Crippen MR) is 146 cm³/mol. The van der Waals surface area contributed by atoms with Gasteiger partial charge in [-0.1, -0.05) is 78.6 Å². The summed E-state index contributed by atoms with van der Waals surface area (Å²) >= 11 is 9.89. The molecule has 1 heterocycles. The lowest BCUT2D eigenvalue weighted by molar-refractivity contribution is -0.118. The molecule has 0 aromatic heterocycles. The molecule has 0 saturated heterocycles. The molecule has 5 nitrogen and oxygen atoms in total. The SMILES string of the molecule is CC(C)(C)CC(=O)Nc1ccc(C2=NC(Cc3ccccc3Br)C(=O)Nc3ccc(Cl)cc32)cc1. The number of nitrogens with one attached hydrogen (secondary N) is 2. The highest BCUT2D eigenvalue weighted by atomic mass is 79.9. The van der Waals surface area contributed by atoms with E-state index in [1.54, 1.807) is 12.1 Å². The number of fused-ring (bicyclic) bond motifs is 1. The van der Waals surface area contributed by atoms with Crippen molar-refractivity contribution < 1.29 is 9.59 Å². The minimum atomic E-state index is -0.624. The Morgan fingerprint density at radius 1 is 1.09 bits per heavy atom. The van der Waals surface area contributed by atoms with Crippen LogP contribution in [0.5, 0.6) is 0 Å². The summed E-state index contributed by atoms with van der Waals surface area (Å²) in [4.78, 5) is 30.4. The van der Waals surface area contributed by atoms with Crippen LogP contribution >= 0.6 is 27.5 Å². The molecule has 2 amide bonds. The number of hydrogen-bond acceptors (Lipinski definition) is 3. The zero-order valence-corrected chi connectivity index (χ0v) is 22.2. The van der Waals surface area contributed by atoms with Crippen molar-refractivity contribution in [2.24, 2.45) is 10.4 Å². The molecule has 1 atom stereocenters. The van der Waals surface area contributed by atoms with Crippen LogP contribution in [0.25, 0.3) is 0 Å². The average molecular weight is 553 g/mol. The third-order valence-electron chi connectivity index (χ3n) is 5.59. The first kappa shape index (κ1) is 25.1. The molecule has 1 aliphatic rings. The summed E-state index contributed by atoms with van der Waals surface area (Å²) in [5.41, 5.74) is 4.53. The van der Waals surface area contributed by atoms with E-state index < -0.39 is 6.04 Å². The number of nitrogens with zero attached hydrogens (tertiary/aromatic N) is 1. The summed E-state index contributed by atoms with van der Waals surface area (Å²) < 4.78 is 0.935. The second-order valence-corrected chi connectivity index (χ2v) is 11.1. The summed E-state index contributed by atoms with van der Waals surface area (Å²) in [6, 6.07) is 20.1. The van der Waals surface area contributed by atoms with Crippen LogP contribution in [0.15, 0.2) is 76.2 Å². The second kappa shape index (κ2) is 10.3. The van der Waals surface area contributed by atoms with E-state index in [9.17, 15) is 9.59 Å². The van der Waals surface area contributed by atoms with E-state index in [4.69, 9.17) is 16.6 Å². The molecule has 180 valence electrons. The van der Waals surface area contributed by atoms with E-state index in [0.717, 1.165) is 21.2 Å². The Morgan fingerprint density at radius 2 is 1.80 bits per heavy atom. The van der Waals surface area contributed by atoms with Gasteiger partial charge in [0.05, 0.1) is 11.4 Å². The van der Waals surface area contributed by atoms with Crippen LogP contribution in [-0.4, -0.2) is 23.6 Å². The maximum absolute atomic E-state index is 13.1. The van der Waals surface area contributed by atoms with Gasteiger partial charge in [-0.2, -0.15) is 0 Å². The molecule has 3 aromatic carbocycles. The van der Waals surface area contributed by atoms with Crippen molar-refractivity contribution in [2.75, 3.05) is 10.6 Å². The van der Waals surface area contributed by atoms with Gasteiger partial charge in [-0.15, -0.1) is 0 Å². The fourth-order valence-corrected chi connectivity index (χ4v) is 4.58. The highest BCUT2D eigenvalue weighted by Gasteiger charge is 2.27. The normalized spacial score (nSPS) is 15.5. The van der Waals surface area contributed by atoms with Crippen molar-refractivity contribution in [3.8, 4) is 0 Å². The quantitative estimate of drug-likeness (QED) is 0.362. The van der Waals surface area contributed by atoms with Crippen LogP contribution < -0.4 is 10.6 Å². The van der Waals surface area contributed by atoms with Gasteiger partial charge in [0.25, 0.3) is 0 Å². The van der Waals surface area contributed by atoms with Crippen LogP contribution in [0.2, 0.25) is 5.02 Å². The molecule has 0 spiro atoms. The highest BCUT2D eigenvalue weighted by Crippen LogP contribution is 2.29. The topological polar surface area (TPSA) is 70.6 Å². The van der Waals surface area contributed by atoms with E-state index in [2.05, 4.69) is 26.6 Å². The molecule has 0 bridgehead atoms. The summed E-state index contributed by atoms with van der Waals surface area (Å²) in [6.07, 6.45) is 0.872. The van der Waals surface area contributed by atoms with Crippen LogP contribution in [0.4, 0.5) is 11.4 Å². The van der Waals surface area contributed by atoms with Crippen molar-refractivity contribution in [1.82, 2.24) is 0 Å². The maximum atomic E-state index is 13.1. The number of rotatable bonds is 5. The van der Waals surface area contributed by atoms with E-state index in [1.165, 1.54) is 0 Å². The van der Waals surface area contributed by atoms with E-state index in [1.807, 2.05) is 75.4 Å². The van der Waals surface area contributed by atoms with Crippen molar-refractivity contribution in [3.05, 3.63) is 92.9 Å². The molecule has 4 rings (SSSR count). The van der Waals surface area contributed by atoms with Crippen LogP contribution in [0, 0.1) is 5.41 Å². The number of benzene rings is 3. The van der Waals surface area contributed by atoms with Crippen molar-refractivity contribution >= 4 is 56.4 Å². The van der Waals surface area contributed by atoms with Crippen LogP contribution in [-0.2, 0) is 16.0 Å². The van der Waals surface area contributed by atoms with E-state index >= 15 is 0 Å². The first-order valence-electron chi connectivity index (χ1n) is 11.4. The largest absolute Gasteiger partial charge is 0.326 e. The molecule has 1 aliphatic heterocycles. The number of hydrogen-bond donors (Lipinski definition) is 2. The molecular formula is C28H27BrClN3O2. The molecule has 0 radical (unpaired) electrons. The second-order valence-electron chi connectivity index (χ2n) is 9.83. The minimum Gasteiger partial charge on any atom is -0.326 e. The molecule has 0 saturated carbocycles. The van der Waals surface area contributed by atoms with E-state index in [-0.39, 0.29) is 17.2 Å². The number of carbonyl (C=O) groups excluding carboxylic acids is 2. The van der Waals surface area contributed by atoms with Crippen LogP contribution in [0.3, 0.4) is 0 Å². The first-order chi connectivity index (χ1) is 16.6. The summed E-state index contributed by atoms with van der Waals surface area (Å²) in [6.45, 7) is 6.09. The van der Waals surface area contributed by atoms with Gasteiger partial charge >= 0.3 is 0 Å². The molecule has 0 fully saturated rings. The Balaban J connectivity index is 1.69. The lowest BCUT2D eigenvalue weighted by Crippen LogP contribution is -2.27. The van der Waals surface area contributed by atoms with E-state index in [0.29, 0.717) is 35.0 Å². The fourth-order valence-electron chi connectivity index (χ4n) is 3.96. The summed E-state index contributed by atoms with van der Waals surface area (Å²) in [5, 5.41) is 6.52. The fraction of sp³-hybridized carbons (Fsp3) is 0.250. The molecule has 0 aliphatic carbocycles. The molecular weight excluding hydrogens is 526 g/mol. The zero-order chi connectivity index (χ0) is 25.2. The van der Waals surface area contributed by atoms with Crippen molar-refractivity contribution in [2.45, 2.75) is 39.7 Å². The molecule has 3 aromatic rings. The predicted octanol–water partition coefficient (Wildman–Crippen LogP) is 6.88. The van der Waals surface area contributed by atoms with Gasteiger partial charge < -0.3 is 10.6 Å². The molecule has 1 unspecified atom stereocenters. The number of carbonyl (C=O) groups is 2. The number of benzodiazepines with no additional fused rings is 1. The Hall–Kier alpha value is -2.96. The van der Waals surface area contributed by atoms with Crippen LogP contribution in [0.1, 0.15) is 43.9 Å².